The molecule has 0 N–H and O–H groups in total. The average molecular weight is 168 g/mol. The molecule has 4 heteroatoms. The largest absolute Gasteiger partial charge is 0.364 e. The molecule has 0 saturated carbocycles. The van der Waals surface area contributed by atoms with Gasteiger partial charge in [-0.25, -0.2) is 0 Å². The van der Waals surface area contributed by atoms with Crippen LogP contribution in [-0.2, 0) is 9.47 Å². The second-order valence-corrected chi connectivity index (χ2v) is 2.11. The van der Waals surface area contributed by atoms with Crippen molar-refractivity contribution in [2.45, 2.75) is 19.4 Å². The fourth-order valence-electron chi connectivity index (χ4n) is 0.614. The molecule has 0 aliphatic rings. The summed E-state index contributed by atoms with van der Waals surface area (Å²) in [6.07, 6.45) is 0.324. The topological polar surface area (TPSA) is 66.0 Å². The highest BCUT2D eigenvalue weighted by atomic mass is 16.5. The first-order chi connectivity index (χ1) is 5.85. The third kappa shape index (κ3) is 5.67. The summed E-state index contributed by atoms with van der Waals surface area (Å²) in [5, 5.41) is 16.6. The van der Waals surface area contributed by atoms with Crippen LogP contribution in [0.5, 0.6) is 0 Å². The van der Waals surface area contributed by atoms with Gasteiger partial charge in [0.25, 0.3) is 0 Å². The van der Waals surface area contributed by atoms with Crippen molar-refractivity contribution < 1.29 is 9.47 Å². The molecule has 66 valence electrons. The Morgan fingerprint density at radius 1 is 1.33 bits per heavy atom. The van der Waals surface area contributed by atoms with Gasteiger partial charge in [0.2, 0.25) is 0 Å². The van der Waals surface area contributed by atoms with Gasteiger partial charge in [0.1, 0.15) is 12.7 Å². The molecule has 1 unspecified atom stereocenters. The first-order valence-corrected chi connectivity index (χ1v) is 3.81. The Morgan fingerprint density at radius 2 is 2.08 bits per heavy atom. The molecule has 0 bridgehead atoms. The molecule has 0 aromatic rings. The molecule has 1 atom stereocenters. The quantitative estimate of drug-likeness (QED) is 0.551. The van der Waals surface area contributed by atoms with Crippen molar-refractivity contribution in [2.24, 2.45) is 0 Å². The minimum Gasteiger partial charge on any atom is -0.364 e. The van der Waals surface area contributed by atoms with Crippen molar-refractivity contribution in [3.05, 3.63) is 0 Å². The van der Waals surface area contributed by atoms with Crippen molar-refractivity contribution in [1.82, 2.24) is 0 Å². The zero-order valence-electron chi connectivity index (χ0n) is 7.12. The highest BCUT2D eigenvalue weighted by Crippen LogP contribution is 1.94. The maximum absolute atomic E-state index is 8.46. The van der Waals surface area contributed by atoms with Crippen LogP contribution in [0, 0.1) is 22.7 Å². The highest BCUT2D eigenvalue weighted by Gasteiger charge is 2.02. The molecular weight excluding hydrogens is 156 g/mol. The van der Waals surface area contributed by atoms with Gasteiger partial charge in [-0.05, 0) is 6.42 Å². The van der Waals surface area contributed by atoms with E-state index < -0.39 is 0 Å². The van der Waals surface area contributed by atoms with Crippen molar-refractivity contribution in [3.8, 4) is 12.1 Å². The van der Waals surface area contributed by atoms with Gasteiger partial charge in [-0.1, -0.05) is 6.92 Å². The lowest BCUT2D eigenvalue weighted by molar-refractivity contribution is 0.0335. The lowest BCUT2D eigenvalue weighted by atomic mass is 10.3. The average Bonchev–Trinajstić information content (AvgIpc) is 2.11. The Hall–Kier alpha value is -1.10. The van der Waals surface area contributed by atoms with Crippen LogP contribution in [0.4, 0.5) is 0 Å². The fourth-order valence-corrected chi connectivity index (χ4v) is 0.614. The van der Waals surface area contributed by atoms with Gasteiger partial charge in [0, 0.05) is 0 Å². The molecule has 0 radical (unpaired) electrons. The lowest BCUT2D eigenvalue weighted by Gasteiger charge is -2.06. The third-order valence-corrected chi connectivity index (χ3v) is 1.23. The summed E-state index contributed by atoms with van der Waals surface area (Å²) in [5.41, 5.74) is 0. The Labute approximate surface area is 72.3 Å². The molecule has 0 saturated heterocycles. The predicted octanol–water partition coefficient (Wildman–Crippen LogP) is 0.845. The third-order valence-electron chi connectivity index (χ3n) is 1.23. The second-order valence-electron chi connectivity index (χ2n) is 2.11. The van der Waals surface area contributed by atoms with E-state index in [1.54, 1.807) is 0 Å². The minimum atomic E-state index is -0.351. The zero-order valence-corrected chi connectivity index (χ0v) is 7.12. The summed E-state index contributed by atoms with van der Waals surface area (Å²) >= 11 is 0. The van der Waals surface area contributed by atoms with E-state index in [1.807, 2.05) is 19.1 Å². The predicted molar refractivity (Wildman–Crippen MR) is 42.1 cm³/mol. The normalized spacial score (nSPS) is 11.6. The molecular formula is C8H12N2O2. The monoisotopic (exact) mass is 168 g/mol. The SMILES string of the molecule is CCC(C#N)OCCOCC#N. The van der Waals surface area contributed by atoms with E-state index in [1.165, 1.54) is 0 Å². The summed E-state index contributed by atoms with van der Waals surface area (Å²) in [6, 6.07) is 3.84. The number of hydrogen-bond acceptors (Lipinski definition) is 4. The van der Waals surface area contributed by atoms with Gasteiger partial charge in [-0.2, -0.15) is 10.5 Å². The molecule has 0 aromatic heterocycles. The number of hydrogen-bond donors (Lipinski definition) is 0. The van der Waals surface area contributed by atoms with E-state index in [0.717, 1.165) is 0 Å². The summed E-state index contributed by atoms with van der Waals surface area (Å²) in [7, 11) is 0. The van der Waals surface area contributed by atoms with Crippen molar-refractivity contribution in [1.29, 1.82) is 10.5 Å². The van der Waals surface area contributed by atoms with E-state index in [-0.39, 0.29) is 12.7 Å². The number of ether oxygens (including phenoxy) is 2. The molecule has 0 heterocycles. The van der Waals surface area contributed by atoms with Gasteiger partial charge >= 0.3 is 0 Å². The van der Waals surface area contributed by atoms with Crippen LogP contribution >= 0.6 is 0 Å². The van der Waals surface area contributed by atoms with E-state index in [0.29, 0.717) is 19.6 Å². The Bertz CT molecular complexity index is 180. The van der Waals surface area contributed by atoms with Crippen LogP contribution in [0.3, 0.4) is 0 Å². The summed E-state index contributed by atoms with van der Waals surface area (Å²) in [4.78, 5) is 0. The van der Waals surface area contributed by atoms with Gasteiger partial charge < -0.3 is 9.47 Å². The molecule has 0 aliphatic heterocycles. The molecule has 0 amide bonds. The van der Waals surface area contributed by atoms with Gasteiger partial charge in [-0.15, -0.1) is 0 Å². The zero-order chi connectivity index (χ0) is 9.23. The van der Waals surface area contributed by atoms with Crippen LogP contribution in [-0.4, -0.2) is 25.9 Å². The molecule has 0 spiro atoms. The minimum absolute atomic E-state index is 0.0761. The van der Waals surface area contributed by atoms with Gasteiger partial charge in [-0.3, -0.25) is 0 Å². The summed E-state index contributed by atoms with van der Waals surface area (Å²) in [5.74, 6) is 0. The first kappa shape index (κ1) is 10.9. The smallest absolute Gasteiger partial charge is 0.143 e. The van der Waals surface area contributed by atoms with Crippen LogP contribution in [0.25, 0.3) is 0 Å². The molecule has 0 aliphatic carbocycles. The maximum Gasteiger partial charge on any atom is 0.143 e. The molecule has 0 aromatic carbocycles. The molecule has 0 fully saturated rings. The number of rotatable bonds is 6. The molecule has 0 rings (SSSR count). The highest BCUT2D eigenvalue weighted by molar-refractivity contribution is 4.82. The van der Waals surface area contributed by atoms with E-state index in [9.17, 15) is 0 Å². The summed E-state index contributed by atoms with van der Waals surface area (Å²) < 4.78 is 9.92. The van der Waals surface area contributed by atoms with Crippen molar-refractivity contribution in [2.75, 3.05) is 19.8 Å². The van der Waals surface area contributed by atoms with Gasteiger partial charge in [0.15, 0.2) is 0 Å². The molecule has 4 nitrogen and oxygen atoms in total. The Kier molecular flexibility index (Phi) is 7.27. The number of nitrogens with zero attached hydrogens (tertiary/aromatic N) is 2. The first-order valence-electron chi connectivity index (χ1n) is 3.81. The van der Waals surface area contributed by atoms with Crippen molar-refractivity contribution in [3.63, 3.8) is 0 Å². The van der Waals surface area contributed by atoms with Crippen LogP contribution < -0.4 is 0 Å². The van der Waals surface area contributed by atoms with Crippen molar-refractivity contribution >= 4 is 0 Å². The van der Waals surface area contributed by atoms with Crippen LogP contribution in [0.15, 0.2) is 0 Å². The molecule has 12 heavy (non-hydrogen) atoms. The fraction of sp³-hybridized carbons (Fsp3) is 0.750. The van der Waals surface area contributed by atoms with E-state index >= 15 is 0 Å². The van der Waals surface area contributed by atoms with Crippen LogP contribution in [0.2, 0.25) is 0 Å². The summed E-state index contributed by atoms with van der Waals surface area (Å²) in [6.45, 7) is 2.69. The standard InChI is InChI=1S/C8H12N2O2/c1-2-8(7-10)12-6-5-11-4-3-9/h8H,2,4-6H2,1H3. The number of nitriles is 2. The van der Waals surface area contributed by atoms with E-state index in [2.05, 4.69) is 0 Å². The van der Waals surface area contributed by atoms with E-state index in [4.69, 9.17) is 20.0 Å². The maximum atomic E-state index is 8.46. The Balaban J connectivity index is 3.20. The Morgan fingerprint density at radius 3 is 2.58 bits per heavy atom. The van der Waals surface area contributed by atoms with Crippen LogP contribution in [0.1, 0.15) is 13.3 Å². The second kappa shape index (κ2) is 8.00. The van der Waals surface area contributed by atoms with Gasteiger partial charge in [0.05, 0.1) is 25.4 Å². The lowest BCUT2D eigenvalue weighted by Crippen LogP contribution is -2.13.